The van der Waals surface area contributed by atoms with Gasteiger partial charge in [-0.25, -0.2) is 4.39 Å². The highest BCUT2D eigenvalue weighted by Gasteiger charge is 2.01. The van der Waals surface area contributed by atoms with Crippen molar-refractivity contribution in [2.24, 2.45) is 0 Å². The normalized spacial score (nSPS) is 9.54. The standard InChI is InChI=1S/C9H12FNO.ClH/c1-6(2)12-7-3-4-9(11)8(10)5-7;/h3-6H,11H2,1-2H3;1H. The van der Waals surface area contributed by atoms with Crippen LogP contribution in [0.5, 0.6) is 5.75 Å². The number of halogens is 2. The van der Waals surface area contributed by atoms with Gasteiger partial charge >= 0.3 is 0 Å². The highest BCUT2D eigenvalue weighted by molar-refractivity contribution is 5.85. The molecule has 0 bridgehead atoms. The SMILES string of the molecule is CC(C)Oc1ccc(N)c(F)c1.Cl. The van der Waals surface area contributed by atoms with Crippen molar-refractivity contribution in [3.8, 4) is 5.75 Å². The maximum absolute atomic E-state index is 12.8. The van der Waals surface area contributed by atoms with Gasteiger partial charge in [0.1, 0.15) is 11.6 Å². The number of ether oxygens (including phenoxy) is 1. The number of anilines is 1. The highest BCUT2D eigenvalue weighted by atomic mass is 35.5. The van der Waals surface area contributed by atoms with Gasteiger partial charge in [0.25, 0.3) is 0 Å². The number of nitrogen functional groups attached to an aromatic ring is 1. The van der Waals surface area contributed by atoms with Gasteiger partial charge in [-0.1, -0.05) is 0 Å². The van der Waals surface area contributed by atoms with Crippen molar-refractivity contribution in [1.82, 2.24) is 0 Å². The van der Waals surface area contributed by atoms with Gasteiger partial charge in [-0.3, -0.25) is 0 Å². The molecule has 0 aliphatic carbocycles. The van der Waals surface area contributed by atoms with E-state index < -0.39 is 5.82 Å². The van der Waals surface area contributed by atoms with Crippen LogP contribution in [0.3, 0.4) is 0 Å². The summed E-state index contributed by atoms with van der Waals surface area (Å²) >= 11 is 0. The predicted octanol–water partition coefficient (Wildman–Crippen LogP) is 2.62. The van der Waals surface area contributed by atoms with E-state index in [2.05, 4.69) is 0 Å². The maximum Gasteiger partial charge on any atom is 0.149 e. The van der Waals surface area contributed by atoms with Crippen LogP contribution in [0.15, 0.2) is 18.2 Å². The third kappa shape index (κ3) is 3.51. The molecule has 0 amide bonds. The van der Waals surface area contributed by atoms with E-state index in [4.69, 9.17) is 10.5 Å². The molecule has 0 spiro atoms. The van der Waals surface area contributed by atoms with E-state index in [9.17, 15) is 4.39 Å². The second kappa shape index (κ2) is 4.92. The minimum absolute atomic E-state index is 0. The summed E-state index contributed by atoms with van der Waals surface area (Å²) < 4.78 is 18.1. The van der Waals surface area contributed by atoms with Gasteiger partial charge in [0.2, 0.25) is 0 Å². The highest BCUT2D eigenvalue weighted by Crippen LogP contribution is 2.18. The molecule has 13 heavy (non-hydrogen) atoms. The molecule has 0 atom stereocenters. The van der Waals surface area contributed by atoms with Gasteiger partial charge in [0.05, 0.1) is 11.8 Å². The van der Waals surface area contributed by atoms with Crippen molar-refractivity contribution in [3.05, 3.63) is 24.0 Å². The Balaban J connectivity index is 0.00000144. The molecule has 1 aromatic rings. The molecule has 0 aliphatic rings. The van der Waals surface area contributed by atoms with Crippen LogP contribution in [0.2, 0.25) is 0 Å². The Labute approximate surface area is 83.3 Å². The topological polar surface area (TPSA) is 35.2 Å². The van der Waals surface area contributed by atoms with Crippen LogP contribution in [-0.4, -0.2) is 6.10 Å². The zero-order valence-corrected chi connectivity index (χ0v) is 8.40. The van der Waals surface area contributed by atoms with E-state index in [1.807, 2.05) is 13.8 Å². The summed E-state index contributed by atoms with van der Waals surface area (Å²) in [7, 11) is 0. The first kappa shape index (κ1) is 12.0. The van der Waals surface area contributed by atoms with E-state index in [1.54, 1.807) is 6.07 Å². The molecule has 0 aliphatic heterocycles. The number of hydrogen-bond donors (Lipinski definition) is 1. The minimum Gasteiger partial charge on any atom is -0.491 e. The number of benzene rings is 1. The molecule has 74 valence electrons. The van der Waals surface area contributed by atoms with Crippen LogP contribution in [0.25, 0.3) is 0 Å². The summed E-state index contributed by atoms with van der Waals surface area (Å²) in [6.45, 7) is 3.77. The van der Waals surface area contributed by atoms with Crippen LogP contribution >= 0.6 is 12.4 Å². The summed E-state index contributed by atoms with van der Waals surface area (Å²) in [6.07, 6.45) is 0.0491. The summed E-state index contributed by atoms with van der Waals surface area (Å²) in [5, 5.41) is 0. The Morgan fingerprint density at radius 3 is 2.46 bits per heavy atom. The molecule has 0 saturated heterocycles. The molecule has 0 aromatic heterocycles. The Bertz CT molecular complexity index is 278. The van der Waals surface area contributed by atoms with Crippen molar-refractivity contribution < 1.29 is 9.13 Å². The molecule has 0 radical (unpaired) electrons. The summed E-state index contributed by atoms with van der Waals surface area (Å²) in [5.74, 6) is 0.0739. The summed E-state index contributed by atoms with van der Waals surface area (Å²) in [4.78, 5) is 0. The lowest BCUT2D eigenvalue weighted by Gasteiger charge is -2.09. The lowest BCUT2D eigenvalue weighted by molar-refractivity contribution is 0.241. The predicted molar refractivity (Wildman–Crippen MR) is 53.8 cm³/mol. The smallest absolute Gasteiger partial charge is 0.149 e. The maximum atomic E-state index is 12.8. The molecule has 1 rings (SSSR count). The van der Waals surface area contributed by atoms with Crippen molar-refractivity contribution in [2.75, 3.05) is 5.73 Å². The third-order valence-electron chi connectivity index (χ3n) is 1.34. The Hall–Kier alpha value is -0.960. The minimum atomic E-state index is -0.437. The average Bonchev–Trinajstić information content (AvgIpc) is 1.96. The molecule has 0 saturated carbocycles. The molecule has 0 fully saturated rings. The van der Waals surface area contributed by atoms with Crippen LogP contribution < -0.4 is 10.5 Å². The molecular formula is C9H13ClFNO. The number of hydrogen-bond acceptors (Lipinski definition) is 2. The summed E-state index contributed by atoms with van der Waals surface area (Å²) in [5.41, 5.74) is 5.43. The zero-order chi connectivity index (χ0) is 9.14. The van der Waals surface area contributed by atoms with Crippen LogP contribution in [0.4, 0.5) is 10.1 Å². The van der Waals surface area contributed by atoms with Gasteiger partial charge in [-0.15, -0.1) is 12.4 Å². The molecule has 1 aromatic carbocycles. The first-order valence-electron chi connectivity index (χ1n) is 3.81. The van der Waals surface area contributed by atoms with E-state index in [1.165, 1.54) is 12.1 Å². The second-order valence-electron chi connectivity index (χ2n) is 2.85. The summed E-state index contributed by atoms with van der Waals surface area (Å²) in [6, 6.07) is 4.43. The first-order valence-corrected chi connectivity index (χ1v) is 3.81. The lowest BCUT2D eigenvalue weighted by Crippen LogP contribution is -2.05. The Kier molecular flexibility index (Phi) is 4.56. The van der Waals surface area contributed by atoms with E-state index in [0.29, 0.717) is 5.75 Å². The van der Waals surface area contributed by atoms with Gasteiger partial charge in [-0.2, -0.15) is 0 Å². The van der Waals surface area contributed by atoms with E-state index in [-0.39, 0.29) is 24.2 Å². The molecule has 0 heterocycles. The largest absolute Gasteiger partial charge is 0.491 e. The fourth-order valence-corrected chi connectivity index (χ4v) is 0.853. The van der Waals surface area contributed by atoms with Gasteiger partial charge in [-0.05, 0) is 26.0 Å². The van der Waals surface area contributed by atoms with E-state index in [0.717, 1.165) is 0 Å². The third-order valence-corrected chi connectivity index (χ3v) is 1.34. The number of rotatable bonds is 2. The van der Waals surface area contributed by atoms with Gasteiger partial charge in [0, 0.05) is 6.07 Å². The van der Waals surface area contributed by atoms with Crippen molar-refractivity contribution in [3.63, 3.8) is 0 Å². The van der Waals surface area contributed by atoms with Crippen LogP contribution in [-0.2, 0) is 0 Å². The Morgan fingerprint density at radius 2 is 2.00 bits per heavy atom. The van der Waals surface area contributed by atoms with Crippen molar-refractivity contribution in [2.45, 2.75) is 20.0 Å². The lowest BCUT2D eigenvalue weighted by atomic mass is 10.3. The fraction of sp³-hybridized carbons (Fsp3) is 0.333. The Morgan fingerprint density at radius 1 is 1.38 bits per heavy atom. The van der Waals surface area contributed by atoms with Gasteiger partial charge in [0.15, 0.2) is 0 Å². The zero-order valence-electron chi connectivity index (χ0n) is 7.58. The first-order chi connectivity index (χ1) is 5.59. The molecule has 0 unspecified atom stereocenters. The van der Waals surface area contributed by atoms with Crippen LogP contribution in [0, 0.1) is 5.82 Å². The second-order valence-corrected chi connectivity index (χ2v) is 2.85. The quantitative estimate of drug-likeness (QED) is 0.754. The molecule has 2 nitrogen and oxygen atoms in total. The molecule has 4 heteroatoms. The molecule has 2 N–H and O–H groups in total. The van der Waals surface area contributed by atoms with E-state index >= 15 is 0 Å². The monoisotopic (exact) mass is 205 g/mol. The van der Waals surface area contributed by atoms with Crippen LogP contribution in [0.1, 0.15) is 13.8 Å². The fourth-order valence-electron chi connectivity index (χ4n) is 0.853. The molecular weight excluding hydrogens is 193 g/mol. The number of nitrogens with two attached hydrogens (primary N) is 1. The van der Waals surface area contributed by atoms with Gasteiger partial charge < -0.3 is 10.5 Å². The van der Waals surface area contributed by atoms with Crippen molar-refractivity contribution >= 4 is 18.1 Å². The van der Waals surface area contributed by atoms with Crippen molar-refractivity contribution in [1.29, 1.82) is 0 Å². The average molecular weight is 206 g/mol.